The van der Waals surface area contributed by atoms with E-state index >= 15 is 0 Å². The molecule has 0 radical (unpaired) electrons. The fourth-order valence-electron chi connectivity index (χ4n) is 8.41. The molecule has 6 aromatic rings. The third-order valence-electron chi connectivity index (χ3n) is 11.3. The zero-order valence-electron chi connectivity index (χ0n) is 35.1. The summed E-state index contributed by atoms with van der Waals surface area (Å²) < 4.78 is 12.9. The van der Waals surface area contributed by atoms with Crippen molar-refractivity contribution in [2.45, 2.75) is 73.1 Å². The number of rotatable bonds is 9. The van der Waals surface area contributed by atoms with Crippen LogP contribution in [0.1, 0.15) is 82.6 Å². The molecule has 2 atom stereocenters. The molecule has 0 aliphatic heterocycles. The van der Waals surface area contributed by atoms with Gasteiger partial charge in [0.15, 0.2) is 5.58 Å². The van der Waals surface area contributed by atoms with E-state index in [2.05, 4.69) is 0 Å². The Labute approximate surface area is 356 Å². The quantitative estimate of drug-likeness (QED) is 0.0637. The molecule has 1 aliphatic carbocycles. The summed E-state index contributed by atoms with van der Waals surface area (Å²) in [6.07, 6.45) is 9.96. The van der Waals surface area contributed by atoms with Gasteiger partial charge in [0.2, 0.25) is 10.9 Å². The Bertz CT molecular complexity index is 3060. The molecule has 4 aromatic carbocycles. The number of allylic oxidation sites excluding steroid dienone is 7. The zero-order valence-corrected chi connectivity index (χ0v) is 35.1. The van der Waals surface area contributed by atoms with Crippen molar-refractivity contribution >= 4 is 28.0 Å². The maximum absolute atomic E-state index is 14.4. The molecule has 0 amide bonds. The second kappa shape index (κ2) is 16.3. The van der Waals surface area contributed by atoms with Gasteiger partial charge in [-0.2, -0.15) is 0 Å². The third kappa shape index (κ3) is 7.99. The van der Waals surface area contributed by atoms with Gasteiger partial charge in [0.25, 0.3) is 0 Å². The fraction of sp³-hybridized carbons (Fsp3) is 0.240. The van der Waals surface area contributed by atoms with E-state index in [9.17, 15) is 50.4 Å². The van der Waals surface area contributed by atoms with Crippen molar-refractivity contribution in [2.75, 3.05) is 0 Å². The predicted molar refractivity (Wildman–Crippen MR) is 238 cm³/mol. The average molecular weight is 841 g/mol. The molecule has 0 fully saturated rings. The van der Waals surface area contributed by atoms with Gasteiger partial charge in [-0.3, -0.25) is 9.59 Å². The highest BCUT2D eigenvalue weighted by molar-refractivity contribution is 5.95. The van der Waals surface area contributed by atoms with E-state index in [0.717, 1.165) is 41.0 Å². The molecule has 2 aromatic heterocycles. The summed E-state index contributed by atoms with van der Waals surface area (Å²) in [7, 11) is 0. The van der Waals surface area contributed by atoms with Crippen molar-refractivity contribution in [3.8, 4) is 68.6 Å². The summed E-state index contributed by atoms with van der Waals surface area (Å²) in [5.74, 6) is -3.47. The first-order chi connectivity index (χ1) is 29.3. The molecule has 2 heterocycles. The summed E-state index contributed by atoms with van der Waals surface area (Å²) in [6.45, 7) is 11.3. The zero-order chi connectivity index (χ0) is 44.9. The van der Waals surface area contributed by atoms with Crippen molar-refractivity contribution < 1.29 is 49.7 Å². The summed E-state index contributed by atoms with van der Waals surface area (Å²) in [6, 6.07) is 9.92. The molecule has 0 saturated heterocycles. The third-order valence-corrected chi connectivity index (χ3v) is 11.3. The minimum absolute atomic E-state index is 0.00287. The number of aromatic hydroxyl groups is 8. The Morgan fingerprint density at radius 3 is 1.65 bits per heavy atom. The highest BCUT2D eigenvalue weighted by Crippen LogP contribution is 2.50. The van der Waals surface area contributed by atoms with Crippen LogP contribution in [0.3, 0.4) is 0 Å². The average Bonchev–Trinajstić information content (AvgIpc) is 3.16. The number of fused-ring (bicyclic) bond motifs is 2. The van der Waals surface area contributed by atoms with E-state index < -0.39 is 39.4 Å². The number of phenols is 8. The molecule has 0 saturated carbocycles. The van der Waals surface area contributed by atoms with Crippen LogP contribution in [0.2, 0.25) is 0 Å². The lowest BCUT2D eigenvalue weighted by molar-refractivity contribution is 0.347. The minimum Gasteiger partial charge on any atom is -0.508 e. The summed E-state index contributed by atoms with van der Waals surface area (Å²) in [5.41, 5.74) is 1.40. The van der Waals surface area contributed by atoms with Crippen LogP contribution in [-0.4, -0.2) is 40.9 Å². The van der Waals surface area contributed by atoms with Crippen molar-refractivity contribution in [1.29, 1.82) is 0 Å². The number of hydrogen-bond donors (Lipinski definition) is 8. The maximum Gasteiger partial charge on any atom is 0.200 e. The van der Waals surface area contributed by atoms with Gasteiger partial charge in [0.05, 0.1) is 16.7 Å². The fourth-order valence-corrected chi connectivity index (χ4v) is 8.41. The lowest BCUT2D eigenvalue weighted by Crippen LogP contribution is -2.22. The van der Waals surface area contributed by atoms with Crippen LogP contribution < -0.4 is 10.9 Å². The highest BCUT2D eigenvalue weighted by atomic mass is 16.3. The van der Waals surface area contributed by atoms with Gasteiger partial charge in [-0.15, -0.1) is 0 Å². The van der Waals surface area contributed by atoms with Gasteiger partial charge in [0, 0.05) is 46.9 Å². The van der Waals surface area contributed by atoms with E-state index in [4.69, 9.17) is 8.83 Å². The van der Waals surface area contributed by atoms with Gasteiger partial charge >= 0.3 is 0 Å². The summed E-state index contributed by atoms with van der Waals surface area (Å²) in [4.78, 5) is 28.6. The van der Waals surface area contributed by atoms with Crippen molar-refractivity contribution in [3.05, 3.63) is 132 Å². The SMILES string of the molecule is CC(C)=CCc1c(-c2ccc(O)cc2O)oc2c(C=CC3(C)CC(C)=CC(c4c(O)cc(O)c5c(=O)c(CC=C(C)C)c(-c6ccc(O)cc6O)oc45)C3)c(O)cc(O)c2c1=O. The van der Waals surface area contributed by atoms with Crippen LogP contribution >= 0.6 is 0 Å². The lowest BCUT2D eigenvalue weighted by Gasteiger charge is -2.35. The van der Waals surface area contributed by atoms with Crippen molar-refractivity contribution in [3.63, 3.8) is 0 Å². The Balaban J connectivity index is 1.39. The molecule has 12 heteroatoms. The van der Waals surface area contributed by atoms with E-state index in [1.165, 1.54) is 24.3 Å². The first-order valence-electron chi connectivity index (χ1n) is 20.0. The first-order valence-corrected chi connectivity index (χ1v) is 20.0. The molecule has 7 rings (SSSR count). The second-order valence-corrected chi connectivity index (χ2v) is 16.9. The van der Waals surface area contributed by atoms with Crippen LogP contribution in [-0.2, 0) is 12.8 Å². The van der Waals surface area contributed by atoms with E-state index in [1.54, 1.807) is 12.2 Å². The molecule has 12 nitrogen and oxygen atoms in total. The Hall–Kier alpha value is -7.34. The molecule has 0 spiro atoms. The van der Waals surface area contributed by atoms with Crippen molar-refractivity contribution in [1.82, 2.24) is 0 Å². The van der Waals surface area contributed by atoms with E-state index in [-0.39, 0.29) is 108 Å². The first kappa shape index (κ1) is 42.8. The van der Waals surface area contributed by atoms with Crippen LogP contribution in [0.15, 0.2) is 108 Å². The van der Waals surface area contributed by atoms with Gasteiger partial charge < -0.3 is 49.7 Å². The molecule has 8 N–H and O–H groups in total. The molecular formula is C50H48O12. The molecule has 0 bridgehead atoms. The van der Waals surface area contributed by atoms with Crippen LogP contribution in [0, 0.1) is 5.41 Å². The molecular weight excluding hydrogens is 793 g/mol. The molecule has 2 unspecified atom stereocenters. The molecule has 62 heavy (non-hydrogen) atoms. The number of hydrogen-bond acceptors (Lipinski definition) is 12. The van der Waals surface area contributed by atoms with Crippen LogP contribution in [0.25, 0.3) is 50.7 Å². The monoisotopic (exact) mass is 840 g/mol. The largest absolute Gasteiger partial charge is 0.508 e. The number of benzene rings is 4. The van der Waals surface area contributed by atoms with Gasteiger partial charge in [-0.05, 0) is 90.0 Å². The summed E-state index contributed by atoms with van der Waals surface area (Å²) >= 11 is 0. The topological polar surface area (TPSA) is 222 Å². The lowest BCUT2D eigenvalue weighted by atomic mass is 9.69. The predicted octanol–water partition coefficient (Wildman–Crippen LogP) is 10.4. The minimum atomic E-state index is -0.736. The van der Waals surface area contributed by atoms with Gasteiger partial charge in [-0.1, -0.05) is 54.0 Å². The van der Waals surface area contributed by atoms with E-state index in [1.807, 2.05) is 59.8 Å². The van der Waals surface area contributed by atoms with E-state index in [0.29, 0.717) is 12.8 Å². The van der Waals surface area contributed by atoms with Crippen molar-refractivity contribution in [2.24, 2.45) is 5.41 Å². The standard InChI is InChI=1S/C50H48O12/c1-24(2)7-11-33-44(59)42-39(57)20-37(55)32(48(42)61-46(33)30-13-9-28(51)18-35(30)53)15-16-50(6)22-26(5)17-27(23-50)41-38(56)21-40(58)43-45(60)34(12-8-25(3)4)47(62-49(41)43)31-14-10-29(52)19-36(31)54/h7-10,13-21,27,51-58H,11-12,22-23H2,1-6H3. The Kier molecular flexibility index (Phi) is 11.2. The normalized spacial score (nSPS) is 16.5. The highest BCUT2D eigenvalue weighted by Gasteiger charge is 2.35. The van der Waals surface area contributed by atoms with Gasteiger partial charge in [0.1, 0.15) is 73.9 Å². The maximum atomic E-state index is 14.4. The molecule has 320 valence electrons. The Morgan fingerprint density at radius 2 is 1.15 bits per heavy atom. The van der Waals surface area contributed by atoms with Crippen LogP contribution in [0.5, 0.6) is 46.0 Å². The summed E-state index contributed by atoms with van der Waals surface area (Å²) in [5, 5.41) is 86.6. The smallest absolute Gasteiger partial charge is 0.200 e. The van der Waals surface area contributed by atoms with Crippen LogP contribution in [0.4, 0.5) is 0 Å². The molecule has 1 aliphatic rings. The Morgan fingerprint density at radius 1 is 0.661 bits per heavy atom. The number of phenolic OH excluding ortho intramolecular Hbond substituents is 8. The van der Waals surface area contributed by atoms with Gasteiger partial charge in [-0.25, -0.2) is 0 Å². The second-order valence-electron chi connectivity index (χ2n) is 16.9.